The Bertz CT molecular complexity index is 718. The van der Waals surface area contributed by atoms with Crippen LogP contribution in [0.4, 0.5) is 5.82 Å². The number of aromatic nitrogens is 2. The van der Waals surface area contributed by atoms with E-state index in [9.17, 15) is 15.0 Å². The lowest BCUT2D eigenvalue weighted by atomic mass is 9.80. The van der Waals surface area contributed by atoms with Crippen LogP contribution < -0.4 is 15.8 Å². The Morgan fingerprint density at radius 1 is 1.11 bits per heavy atom. The van der Waals surface area contributed by atoms with E-state index >= 15 is 0 Å². The fourth-order valence-electron chi connectivity index (χ4n) is 4.93. The zero-order valence-electron chi connectivity index (χ0n) is 16.7. The highest BCUT2D eigenvalue weighted by molar-refractivity contribution is 5.39. The van der Waals surface area contributed by atoms with Gasteiger partial charge in [-0.15, -0.1) is 0 Å². The standard InChI is InChI=1S/C21H34N4O3/c26-18-8-2-1-7-17(18)25-20(27)10-9-19(23-25)24-13-4-3-6-16(24)14-22-15-21(28)11-5-12-21/h9-10,16-18,22,26,28H,1-8,11-15H2. The lowest BCUT2D eigenvalue weighted by Crippen LogP contribution is -2.51. The van der Waals surface area contributed by atoms with E-state index < -0.39 is 11.7 Å². The van der Waals surface area contributed by atoms with Gasteiger partial charge < -0.3 is 20.4 Å². The van der Waals surface area contributed by atoms with Crippen molar-refractivity contribution in [2.75, 3.05) is 24.5 Å². The van der Waals surface area contributed by atoms with Crippen LogP contribution in [0.2, 0.25) is 0 Å². The maximum absolute atomic E-state index is 12.4. The van der Waals surface area contributed by atoms with Gasteiger partial charge in [0.05, 0.1) is 17.7 Å². The third-order valence-electron chi connectivity index (χ3n) is 6.86. The van der Waals surface area contributed by atoms with Crippen molar-refractivity contribution in [3.8, 4) is 0 Å². The van der Waals surface area contributed by atoms with E-state index in [0.29, 0.717) is 12.6 Å². The molecular weight excluding hydrogens is 356 g/mol. The highest BCUT2D eigenvalue weighted by atomic mass is 16.3. The molecule has 0 spiro atoms. The molecule has 1 saturated heterocycles. The largest absolute Gasteiger partial charge is 0.391 e. The molecule has 2 saturated carbocycles. The molecule has 2 heterocycles. The molecule has 0 bridgehead atoms. The molecule has 0 aromatic carbocycles. The zero-order valence-corrected chi connectivity index (χ0v) is 16.7. The molecule has 2 aliphatic carbocycles. The van der Waals surface area contributed by atoms with Crippen molar-refractivity contribution in [3.05, 3.63) is 22.5 Å². The number of aliphatic hydroxyl groups is 2. The number of aliphatic hydroxyl groups excluding tert-OH is 1. The van der Waals surface area contributed by atoms with Gasteiger partial charge in [0.1, 0.15) is 5.82 Å². The first-order chi connectivity index (χ1) is 13.6. The van der Waals surface area contributed by atoms with E-state index in [2.05, 4.69) is 10.2 Å². The van der Waals surface area contributed by atoms with Crippen molar-refractivity contribution in [1.82, 2.24) is 15.1 Å². The van der Waals surface area contributed by atoms with Crippen molar-refractivity contribution in [2.24, 2.45) is 0 Å². The topological polar surface area (TPSA) is 90.6 Å². The number of nitrogens with one attached hydrogen (secondary N) is 1. The normalized spacial score (nSPS) is 30.1. The van der Waals surface area contributed by atoms with Gasteiger partial charge in [0.25, 0.3) is 5.56 Å². The smallest absolute Gasteiger partial charge is 0.267 e. The number of nitrogens with zero attached hydrogens (tertiary/aromatic N) is 3. The van der Waals surface area contributed by atoms with Crippen molar-refractivity contribution in [2.45, 2.75) is 88.0 Å². The first kappa shape index (κ1) is 19.9. The van der Waals surface area contributed by atoms with Crippen LogP contribution >= 0.6 is 0 Å². The van der Waals surface area contributed by atoms with Gasteiger partial charge in [-0.2, -0.15) is 5.10 Å². The Morgan fingerprint density at radius 3 is 2.64 bits per heavy atom. The summed E-state index contributed by atoms with van der Waals surface area (Å²) in [5.41, 5.74) is -0.643. The minimum absolute atomic E-state index is 0.131. The Kier molecular flexibility index (Phi) is 6.04. The summed E-state index contributed by atoms with van der Waals surface area (Å²) in [5.74, 6) is 0.825. The molecule has 3 atom stereocenters. The molecule has 28 heavy (non-hydrogen) atoms. The summed E-state index contributed by atoms with van der Waals surface area (Å²) in [6.45, 7) is 2.39. The summed E-state index contributed by atoms with van der Waals surface area (Å²) < 4.78 is 1.52. The maximum Gasteiger partial charge on any atom is 0.267 e. The first-order valence-corrected chi connectivity index (χ1v) is 11.0. The summed E-state index contributed by atoms with van der Waals surface area (Å²) in [7, 11) is 0. The third kappa shape index (κ3) is 4.26. The fourth-order valence-corrected chi connectivity index (χ4v) is 4.93. The van der Waals surface area contributed by atoms with E-state index in [4.69, 9.17) is 5.10 Å². The molecule has 3 N–H and O–H groups in total. The third-order valence-corrected chi connectivity index (χ3v) is 6.86. The SMILES string of the molecule is O=c1ccc(N2CCCCC2CNCC2(O)CCC2)nn1C1CCCCC1O. The van der Waals surface area contributed by atoms with Crippen molar-refractivity contribution in [3.63, 3.8) is 0 Å². The van der Waals surface area contributed by atoms with Gasteiger partial charge >= 0.3 is 0 Å². The highest BCUT2D eigenvalue weighted by Gasteiger charge is 2.34. The van der Waals surface area contributed by atoms with Crippen LogP contribution in [0, 0.1) is 0 Å². The van der Waals surface area contributed by atoms with E-state index in [0.717, 1.165) is 76.7 Å². The maximum atomic E-state index is 12.4. The van der Waals surface area contributed by atoms with E-state index in [1.165, 1.54) is 11.1 Å². The van der Waals surface area contributed by atoms with Gasteiger partial charge in [-0.1, -0.05) is 12.8 Å². The Hall–Kier alpha value is -1.44. The van der Waals surface area contributed by atoms with Crippen LogP contribution in [0.5, 0.6) is 0 Å². The molecule has 3 aliphatic rings. The van der Waals surface area contributed by atoms with E-state index in [1.807, 2.05) is 6.07 Å². The fraction of sp³-hybridized carbons (Fsp3) is 0.810. The van der Waals surface area contributed by atoms with E-state index in [-0.39, 0.29) is 11.6 Å². The number of hydrogen-bond donors (Lipinski definition) is 3. The molecular formula is C21H34N4O3. The van der Waals surface area contributed by atoms with Gasteiger partial charge in [0.15, 0.2) is 0 Å². The minimum Gasteiger partial charge on any atom is -0.391 e. The molecule has 4 rings (SSSR count). The Morgan fingerprint density at radius 2 is 1.89 bits per heavy atom. The van der Waals surface area contributed by atoms with Crippen LogP contribution in [-0.2, 0) is 0 Å². The molecule has 1 aromatic rings. The lowest BCUT2D eigenvalue weighted by Gasteiger charge is -2.40. The van der Waals surface area contributed by atoms with Crippen molar-refractivity contribution >= 4 is 5.82 Å². The average molecular weight is 391 g/mol. The van der Waals surface area contributed by atoms with Gasteiger partial charge in [0, 0.05) is 31.7 Å². The molecule has 0 amide bonds. The number of piperidine rings is 1. The predicted octanol–water partition coefficient (Wildman–Crippen LogP) is 1.58. The molecule has 7 nitrogen and oxygen atoms in total. The molecule has 3 unspecified atom stereocenters. The van der Waals surface area contributed by atoms with Crippen LogP contribution in [0.25, 0.3) is 0 Å². The van der Waals surface area contributed by atoms with Gasteiger partial charge in [0.2, 0.25) is 0 Å². The second-order valence-electron chi connectivity index (χ2n) is 8.95. The predicted molar refractivity (Wildman–Crippen MR) is 109 cm³/mol. The zero-order chi connectivity index (χ0) is 19.6. The summed E-state index contributed by atoms with van der Waals surface area (Å²) in [6, 6.07) is 3.52. The summed E-state index contributed by atoms with van der Waals surface area (Å²) in [5, 5.41) is 28.8. The summed E-state index contributed by atoms with van der Waals surface area (Å²) in [4.78, 5) is 14.7. The van der Waals surface area contributed by atoms with Gasteiger partial charge in [-0.25, -0.2) is 4.68 Å². The molecule has 0 radical (unpaired) electrons. The molecule has 3 fully saturated rings. The van der Waals surface area contributed by atoms with Crippen LogP contribution in [0.15, 0.2) is 16.9 Å². The van der Waals surface area contributed by atoms with Gasteiger partial charge in [-0.05, 0) is 57.4 Å². The molecule has 1 aromatic heterocycles. The molecule has 7 heteroatoms. The van der Waals surface area contributed by atoms with Crippen LogP contribution in [-0.4, -0.2) is 57.4 Å². The van der Waals surface area contributed by atoms with Gasteiger partial charge in [-0.3, -0.25) is 4.79 Å². The number of hydrogen-bond acceptors (Lipinski definition) is 6. The Labute approximate surface area is 166 Å². The second kappa shape index (κ2) is 8.51. The van der Waals surface area contributed by atoms with Crippen LogP contribution in [0.3, 0.4) is 0 Å². The molecule has 1 aliphatic heterocycles. The average Bonchev–Trinajstić information content (AvgIpc) is 2.68. The second-order valence-corrected chi connectivity index (χ2v) is 8.95. The lowest BCUT2D eigenvalue weighted by molar-refractivity contribution is -0.0314. The Balaban J connectivity index is 1.47. The van der Waals surface area contributed by atoms with Crippen LogP contribution in [0.1, 0.15) is 70.3 Å². The van der Waals surface area contributed by atoms with Crippen molar-refractivity contribution < 1.29 is 10.2 Å². The number of anilines is 1. The first-order valence-electron chi connectivity index (χ1n) is 11.0. The molecule has 156 valence electrons. The summed E-state index contributed by atoms with van der Waals surface area (Å²) >= 11 is 0. The van der Waals surface area contributed by atoms with E-state index in [1.54, 1.807) is 6.07 Å². The quantitative estimate of drug-likeness (QED) is 0.683. The van der Waals surface area contributed by atoms with Crippen molar-refractivity contribution in [1.29, 1.82) is 0 Å². The summed E-state index contributed by atoms with van der Waals surface area (Å²) in [6.07, 6.45) is 9.39. The number of rotatable bonds is 6. The highest BCUT2D eigenvalue weighted by Crippen LogP contribution is 2.31. The monoisotopic (exact) mass is 390 g/mol. The minimum atomic E-state index is -0.512.